The van der Waals surface area contributed by atoms with Gasteiger partial charge in [-0.1, -0.05) is 24.3 Å². The zero-order valence-electron chi connectivity index (χ0n) is 12.1. The van der Waals surface area contributed by atoms with Crippen molar-refractivity contribution in [2.45, 2.75) is 25.9 Å². The Balaban J connectivity index is 1.79. The number of benzene rings is 1. The molecule has 108 valence electrons. The van der Waals surface area contributed by atoms with Gasteiger partial charge < -0.3 is 10.2 Å². The van der Waals surface area contributed by atoms with E-state index in [9.17, 15) is 4.79 Å². The molecule has 0 aliphatic carbocycles. The number of aromatic nitrogens is 1. The number of amides is 1. The largest absolute Gasteiger partial charge is 0.311 e. The molecular weight excluding hydrogens is 262 g/mol. The number of nitrogens with one attached hydrogen (secondary N) is 1. The highest BCUT2D eigenvalue weighted by atomic mass is 16.2. The molecule has 1 aromatic carbocycles. The average Bonchev–Trinajstić information content (AvgIpc) is 2.56. The van der Waals surface area contributed by atoms with Crippen molar-refractivity contribution in [1.29, 1.82) is 0 Å². The topological polar surface area (TPSA) is 45.2 Å². The second kappa shape index (κ2) is 6.06. The summed E-state index contributed by atoms with van der Waals surface area (Å²) in [4.78, 5) is 18.6. The summed E-state index contributed by atoms with van der Waals surface area (Å²) in [5, 5.41) is 3.35. The molecule has 2 heterocycles. The maximum absolute atomic E-state index is 12.8. The van der Waals surface area contributed by atoms with Gasteiger partial charge in [0, 0.05) is 31.2 Å². The van der Waals surface area contributed by atoms with Crippen LogP contribution in [0.25, 0.3) is 0 Å². The van der Waals surface area contributed by atoms with Gasteiger partial charge in [0.15, 0.2) is 0 Å². The first-order valence-corrected chi connectivity index (χ1v) is 7.31. The molecule has 0 saturated carbocycles. The molecule has 4 nitrogen and oxygen atoms in total. The predicted molar refractivity (Wildman–Crippen MR) is 83.0 cm³/mol. The SMILES string of the molecule is CCN(C(=O)[C@H]1Cc2ccccc2CN1)c1ccncc1. The van der Waals surface area contributed by atoms with Crippen LogP contribution in [0.1, 0.15) is 18.1 Å². The van der Waals surface area contributed by atoms with Crippen LogP contribution in [0.2, 0.25) is 0 Å². The van der Waals surface area contributed by atoms with Crippen LogP contribution in [0.3, 0.4) is 0 Å². The van der Waals surface area contributed by atoms with Crippen LogP contribution >= 0.6 is 0 Å². The van der Waals surface area contributed by atoms with Gasteiger partial charge in [0.05, 0.1) is 6.04 Å². The van der Waals surface area contributed by atoms with Crippen molar-refractivity contribution < 1.29 is 4.79 Å². The van der Waals surface area contributed by atoms with E-state index in [1.165, 1.54) is 11.1 Å². The van der Waals surface area contributed by atoms with Crippen LogP contribution in [0.4, 0.5) is 5.69 Å². The molecule has 1 aliphatic rings. The molecule has 1 N–H and O–H groups in total. The van der Waals surface area contributed by atoms with E-state index in [0.717, 1.165) is 18.7 Å². The number of nitrogens with zero attached hydrogens (tertiary/aromatic N) is 2. The highest BCUT2D eigenvalue weighted by molar-refractivity contribution is 5.97. The van der Waals surface area contributed by atoms with E-state index >= 15 is 0 Å². The number of pyridine rings is 1. The van der Waals surface area contributed by atoms with Gasteiger partial charge in [0.2, 0.25) is 5.91 Å². The lowest BCUT2D eigenvalue weighted by Crippen LogP contribution is -2.49. The number of fused-ring (bicyclic) bond motifs is 1. The summed E-state index contributed by atoms with van der Waals surface area (Å²) in [7, 11) is 0. The van der Waals surface area contributed by atoms with Crippen molar-refractivity contribution >= 4 is 11.6 Å². The number of carbonyl (C=O) groups is 1. The molecule has 1 aromatic heterocycles. The minimum Gasteiger partial charge on any atom is -0.311 e. The maximum atomic E-state index is 12.8. The molecule has 1 aliphatic heterocycles. The zero-order chi connectivity index (χ0) is 14.7. The summed E-state index contributed by atoms with van der Waals surface area (Å²) in [6, 6.07) is 11.9. The molecule has 0 unspecified atom stereocenters. The lowest BCUT2D eigenvalue weighted by Gasteiger charge is -2.30. The molecule has 0 radical (unpaired) electrons. The second-order valence-corrected chi connectivity index (χ2v) is 5.19. The Morgan fingerprint density at radius 2 is 1.95 bits per heavy atom. The van der Waals surface area contributed by atoms with E-state index in [1.54, 1.807) is 12.4 Å². The minimum atomic E-state index is -0.159. The third-order valence-electron chi connectivity index (χ3n) is 3.94. The summed E-state index contributed by atoms with van der Waals surface area (Å²) < 4.78 is 0. The molecule has 3 rings (SSSR count). The molecule has 1 atom stereocenters. The van der Waals surface area contributed by atoms with Gasteiger partial charge in [-0.05, 0) is 36.6 Å². The number of rotatable bonds is 3. The first kappa shape index (κ1) is 13.8. The van der Waals surface area contributed by atoms with Crippen LogP contribution in [0, 0.1) is 0 Å². The Kier molecular flexibility index (Phi) is 3.97. The van der Waals surface area contributed by atoms with E-state index in [-0.39, 0.29) is 11.9 Å². The molecule has 1 amide bonds. The Hall–Kier alpha value is -2.20. The highest BCUT2D eigenvalue weighted by Crippen LogP contribution is 2.20. The van der Waals surface area contributed by atoms with Gasteiger partial charge in [0.1, 0.15) is 0 Å². The van der Waals surface area contributed by atoms with Crippen molar-refractivity contribution in [3.63, 3.8) is 0 Å². The predicted octanol–water partition coefficient (Wildman–Crippen LogP) is 2.15. The molecule has 0 fully saturated rings. The van der Waals surface area contributed by atoms with Crippen molar-refractivity contribution in [2.75, 3.05) is 11.4 Å². The molecule has 0 saturated heterocycles. The number of anilines is 1. The summed E-state index contributed by atoms with van der Waals surface area (Å²) >= 11 is 0. The van der Waals surface area contributed by atoms with Crippen molar-refractivity contribution in [3.8, 4) is 0 Å². The molecule has 21 heavy (non-hydrogen) atoms. The van der Waals surface area contributed by atoms with Gasteiger partial charge in [-0.15, -0.1) is 0 Å². The molecule has 0 spiro atoms. The Bertz CT molecular complexity index is 627. The number of hydrogen-bond acceptors (Lipinski definition) is 3. The fraction of sp³-hybridized carbons (Fsp3) is 0.294. The van der Waals surface area contributed by atoms with Gasteiger partial charge in [0.25, 0.3) is 0 Å². The molecule has 2 aromatic rings. The monoisotopic (exact) mass is 281 g/mol. The van der Waals surface area contributed by atoms with E-state index < -0.39 is 0 Å². The summed E-state index contributed by atoms with van der Waals surface area (Å²) in [6.45, 7) is 3.40. The third kappa shape index (κ3) is 2.81. The van der Waals surface area contributed by atoms with Gasteiger partial charge in [-0.3, -0.25) is 9.78 Å². The Morgan fingerprint density at radius 3 is 2.67 bits per heavy atom. The number of likely N-dealkylation sites (N-methyl/N-ethyl adjacent to an activating group) is 1. The highest BCUT2D eigenvalue weighted by Gasteiger charge is 2.27. The smallest absolute Gasteiger partial charge is 0.244 e. The van der Waals surface area contributed by atoms with Crippen LogP contribution in [0.15, 0.2) is 48.8 Å². The van der Waals surface area contributed by atoms with E-state index in [1.807, 2.05) is 36.1 Å². The minimum absolute atomic E-state index is 0.123. The van der Waals surface area contributed by atoms with Crippen LogP contribution in [0.5, 0.6) is 0 Å². The third-order valence-corrected chi connectivity index (χ3v) is 3.94. The van der Waals surface area contributed by atoms with E-state index in [0.29, 0.717) is 6.54 Å². The van der Waals surface area contributed by atoms with Crippen molar-refractivity contribution in [2.24, 2.45) is 0 Å². The van der Waals surface area contributed by atoms with Crippen LogP contribution in [-0.4, -0.2) is 23.5 Å². The summed E-state index contributed by atoms with van der Waals surface area (Å²) in [5.74, 6) is 0.123. The first-order valence-electron chi connectivity index (χ1n) is 7.31. The fourth-order valence-electron chi connectivity index (χ4n) is 2.81. The first-order chi connectivity index (χ1) is 10.3. The van der Waals surface area contributed by atoms with Gasteiger partial charge in [-0.25, -0.2) is 0 Å². The fourth-order valence-corrected chi connectivity index (χ4v) is 2.81. The van der Waals surface area contributed by atoms with Gasteiger partial charge >= 0.3 is 0 Å². The lowest BCUT2D eigenvalue weighted by atomic mass is 9.95. The van der Waals surface area contributed by atoms with Crippen molar-refractivity contribution in [3.05, 3.63) is 59.9 Å². The summed E-state index contributed by atoms with van der Waals surface area (Å²) in [6.07, 6.45) is 4.18. The van der Waals surface area contributed by atoms with Crippen LogP contribution in [-0.2, 0) is 17.8 Å². The average molecular weight is 281 g/mol. The Morgan fingerprint density at radius 1 is 1.24 bits per heavy atom. The lowest BCUT2D eigenvalue weighted by molar-refractivity contribution is -0.120. The normalized spacial score (nSPS) is 17.1. The number of hydrogen-bond donors (Lipinski definition) is 1. The zero-order valence-corrected chi connectivity index (χ0v) is 12.1. The van der Waals surface area contributed by atoms with E-state index in [2.05, 4.69) is 22.4 Å². The molecule has 0 bridgehead atoms. The quantitative estimate of drug-likeness (QED) is 0.937. The standard InChI is InChI=1S/C17H19N3O/c1-2-20(15-7-9-18-10-8-15)17(21)16-11-13-5-3-4-6-14(13)12-19-16/h3-10,16,19H,2,11-12H2,1H3/t16-/m1/s1. The van der Waals surface area contributed by atoms with Crippen LogP contribution < -0.4 is 10.2 Å². The Labute approximate surface area is 124 Å². The number of carbonyl (C=O) groups excluding carboxylic acids is 1. The summed E-state index contributed by atoms with van der Waals surface area (Å²) in [5.41, 5.74) is 3.45. The molecular formula is C17H19N3O. The maximum Gasteiger partial charge on any atom is 0.244 e. The van der Waals surface area contributed by atoms with Gasteiger partial charge in [-0.2, -0.15) is 0 Å². The van der Waals surface area contributed by atoms with Crippen molar-refractivity contribution in [1.82, 2.24) is 10.3 Å². The van der Waals surface area contributed by atoms with E-state index in [4.69, 9.17) is 0 Å². The molecule has 4 heteroatoms. The second-order valence-electron chi connectivity index (χ2n) is 5.19.